The molecular formula is C65H80N3O6S9-. The molecule has 0 saturated carbocycles. The van der Waals surface area contributed by atoms with Gasteiger partial charge in [-0.3, -0.25) is 4.21 Å². The predicted molar refractivity (Wildman–Crippen MR) is 377 cm³/mol. The summed E-state index contributed by atoms with van der Waals surface area (Å²) in [5.74, 6) is 0. The Morgan fingerprint density at radius 3 is 0.855 bits per heavy atom. The van der Waals surface area contributed by atoms with Crippen LogP contribution in [0.1, 0.15) is 105 Å². The first-order valence-corrected chi connectivity index (χ1v) is 35.0. The van der Waals surface area contributed by atoms with Crippen LogP contribution in [0.4, 0.5) is 11.4 Å². The number of anilines is 1. The molecule has 0 bridgehead atoms. The van der Waals surface area contributed by atoms with Crippen molar-refractivity contribution < 1.29 is 25.6 Å². The Labute approximate surface area is 526 Å². The van der Waals surface area contributed by atoms with Gasteiger partial charge in [-0.2, -0.15) is 21.6 Å². The van der Waals surface area contributed by atoms with E-state index in [2.05, 4.69) is 156 Å². The highest BCUT2D eigenvalue weighted by Gasteiger charge is 1.98. The molecule has 0 saturated heterocycles. The highest BCUT2D eigenvalue weighted by atomic mass is 32.2. The summed E-state index contributed by atoms with van der Waals surface area (Å²) >= 11 is 7.53. The van der Waals surface area contributed by atoms with E-state index in [1.807, 2.05) is 136 Å². The normalized spacial score (nSPS) is 9.25. The van der Waals surface area contributed by atoms with Crippen LogP contribution in [0.25, 0.3) is 65.4 Å². The average Bonchev–Trinajstić information content (AvgIpc) is 4.43. The second-order valence-electron chi connectivity index (χ2n) is 14.9. The van der Waals surface area contributed by atoms with E-state index in [0.29, 0.717) is 5.69 Å². The van der Waals surface area contributed by atoms with Gasteiger partial charge in [0.25, 0.3) is 0 Å². The van der Waals surface area contributed by atoms with Crippen LogP contribution < -0.4 is 4.72 Å². The standard InChI is InChI=1S/C9H5NS.4C9H8S.C8H7NO2S2.6C2H6.HNO2S.O2S/c1-10-8-2-3-9-7(6-8)4-5-11-9;4*1-7-2-3-9-8(6-7)4-5-10-9;10-13(11)9-7-1-2-8-6(5-7)3-4-12-8;6*1-2;1-4(2)3;1-3-2/h2-6H;4*2-6H,1H3;1-5,9H,(H,10,11);6*1-2H3;1H;/p-1. The number of rotatable bonds is 2. The Balaban J connectivity index is 0. The van der Waals surface area contributed by atoms with Crippen LogP contribution in [-0.2, 0) is 33.3 Å². The maximum absolute atomic E-state index is 10.3. The van der Waals surface area contributed by atoms with E-state index in [-0.39, 0.29) is 0 Å². The minimum atomic E-state index is -2.61. The van der Waals surface area contributed by atoms with Crippen LogP contribution in [0.15, 0.2) is 178 Å². The van der Waals surface area contributed by atoms with Crippen LogP contribution >= 0.6 is 68.0 Å². The van der Waals surface area contributed by atoms with Crippen molar-refractivity contribution in [3.63, 3.8) is 0 Å². The highest BCUT2D eigenvalue weighted by Crippen LogP contribution is 2.27. The summed E-state index contributed by atoms with van der Waals surface area (Å²) in [5.41, 5.74) is 6.67. The van der Waals surface area contributed by atoms with Crippen molar-refractivity contribution in [2.75, 3.05) is 4.72 Å². The molecule has 9 nitrogen and oxygen atoms in total. The van der Waals surface area contributed by atoms with E-state index >= 15 is 0 Å². The third kappa shape index (κ3) is 32.0. The molecule has 2 N–H and O–H groups in total. The van der Waals surface area contributed by atoms with Crippen molar-refractivity contribution in [1.82, 2.24) is 0 Å². The smallest absolute Gasteiger partial charge is 0.335 e. The zero-order chi connectivity index (χ0) is 63.1. The van der Waals surface area contributed by atoms with Gasteiger partial charge in [0, 0.05) is 45.2 Å². The number of thiophene rings is 6. The van der Waals surface area contributed by atoms with Crippen LogP contribution in [0, 0.1) is 39.0 Å². The first-order valence-electron chi connectivity index (χ1n) is 26.9. The molecule has 12 rings (SSSR count). The number of aryl methyl sites for hydroxylation is 4. The minimum absolute atomic E-state index is 0.597. The summed E-state index contributed by atoms with van der Waals surface area (Å²) in [6.07, 6.45) is 0. The Hall–Kier alpha value is -6.08. The van der Waals surface area contributed by atoms with Crippen LogP contribution in [0.5, 0.6) is 0 Å². The number of nitrogens with zero attached hydrogens (tertiary/aromatic N) is 1. The second-order valence-corrected chi connectivity index (χ2v) is 21.9. The SMILES string of the molecule is CC.CC.CC.CC.CC.CC.Cc1ccc2sccc2c1.Cc1ccc2sccc2c1.Cc1ccc2sccc2c1.Cc1ccc2sccc2c1.N=S(=O)=O.O=S([O-])Nc1ccc2sccc2c1.O=S=O.[C-]#[N+]c1ccc2sccc2c1. The van der Waals surface area contributed by atoms with Crippen LogP contribution in [-0.4, -0.2) is 25.6 Å². The fraction of sp³-hybridized carbons (Fsp3) is 0.246. The Morgan fingerprint density at radius 2 is 0.614 bits per heavy atom. The van der Waals surface area contributed by atoms with E-state index in [4.69, 9.17) is 28.2 Å². The molecule has 6 aromatic carbocycles. The first kappa shape index (κ1) is 79.0. The summed E-state index contributed by atoms with van der Waals surface area (Å²) in [6, 6.07) is 50.0. The number of nitrogens with one attached hydrogen (secondary N) is 2. The van der Waals surface area contributed by atoms with Crippen molar-refractivity contribution in [2.24, 2.45) is 0 Å². The zero-order valence-electron chi connectivity index (χ0n) is 50.4. The Morgan fingerprint density at radius 1 is 0.398 bits per heavy atom. The third-order valence-corrected chi connectivity index (χ3v) is 15.4. The van der Waals surface area contributed by atoms with Gasteiger partial charge in [0.1, 0.15) is 0 Å². The minimum Gasteiger partial charge on any atom is -0.755 e. The topological polar surface area (TPSA) is 149 Å². The van der Waals surface area contributed by atoms with Crippen molar-refractivity contribution in [3.05, 3.63) is 212 Å². The maximum atomic E-state index is 10.3. The van der Waals surface area contributed by atoms with Gasteiger partial charge in [0.05, 0.1) is 6.57 Å². The van der Waals surface area contributed by atoms with Gasteiger partial charge >= 0.3 is 22.1 Å². The van der Waals surface area contributed by atoms with Crippen LogP contribution in [0.3, 0.4) is 0 Å². The lowest BCUT2D eigenvalue weighted by atomic mass is 10.2. The first-order chi connectivity index (χ1) is 40.2. The molecular weight excluding hydrogens is 1210 g/mol. The third-order valence-electron chi connectivity index (χ3n) is 9.65. The fourth-order valence-corrected chi connectivity index (χ4v) is 11.4. The molecule has 0 amide bonds. The summed E-state index contributed by atoms with van der Waals surface area (Å²) in [6.45, 7) is 39.3. The molecule has 12 aromatic rings. The maximum Gasteiger partial charge on any atom is 0.335 e. The Kier molecular flexibility index (Phi) is 47.0. The van der Waals surface area contributed by atoms with Crippen LogP contribution in [0.2, 0.25) is 0 Å². The highest BCUT2D eigenvalue weighted by molar-refractivity contribution is 7.80. The summed E-state index contributed by atoms with van der Waals surface area (Å²) in [4.78, 5) is 3.35. The molecule has 0 aliphatic heterocycles. The molecule has 6 heterocycles. The van der Waals surface area contributed by atoms with Gasteiger partial charge in [-0.1, -0.05) is 166 Å². The average molecular weight is 1290 g/mol. The van der Waals surface area contributed by atoms with Gasteiger partial charge in [-0.15, -0.1) is 68.0 Å². The monoisotopic (exact) mass is 1290 g/mol. The Bertz CT molecular complexity index is 3530. The molecule has 0 radical (unpaired) electrons. The predicted octanol–water partition coefficient (Wildman–Crippen LogP) is 23.5. The van der Waals surface area contributed by atoms with Gasteiger partial charge in [0.2, 0.25) is 0 Å². The van der Waals surface area contributed by atoms with Gasteiger partial charge in [0.15, 0.2) is 5.69 Å². The number of hydrogen-bond donors (Lipinski definition) is 2. The van der Waals surface area contributed by atoms with E-state index in [1.165, 1.54) is 72.7 Å². The van der Waals surface area contributed by atoms with Crippen molar-refractivity contribution in [2.45, 2.75) is 111 Å². The fourth-order valence-electron chi connectivity index (χ4n) is 6.49. The molecule has 18 heteroatoms. The molecule has 1 unspecified atom stereocenters. The van der Waals surface area contributed by atoms with Crippen molar-refractivity contribution >= 4 is 173 Å². The van der Waals surface area contributed by atoms with Crippen molar-refractivity contribution in [1.29, 1.82) is 4.78 Å². The molecule has 0 fully saturated rings. The van der Waals surface area contributed by atoms with Gasteiger partial charge in [-0.05, 0) is 177 Å². The van der Waals surface area contributed by atoms with Gasteiger partial charge < -0.3 is 9.27 Å². The molecule has 83 heavy (non-hydrogen) atoms. The lowest BCUT2D eigenvalue weighted by Crippen LogP contribution is -2.01. The van der Waals surface area contributed by atoms with E-state index in [9.17, 15) is 8.76 Å². The molecule has 0 spiro atoms. The second kappa shape index (κ2) is 49.4. The lowest BCUT2D eigenvalue weighted by molar-refractivity contribution is 0.542. The molecule has 0 aliphatic rings. The summed E-state index contributed by atoms with van der Waals surface area (Å²) in [5, 5.41) is 20.2. The quantitative estimate of drug-likeness (QED) is 0.130. The van der Waals surface area contributed by atoms with Crippen molar-refractivity contribution in [3.8, 4) is 0 Å². The molecule has 446 valence electrons. The summed E-state index contributed by atoms with van der Waals surface area (Å²) < 4.78 is 70.3. The molecule has 0 aliphatic carbocycles. The number of hydrogen-bond acceptors (Lipinski definition) is 13. The number of fused-ring (bicyclic) bond motifs is 6. The van der Waals surface area contributed by atoms with Gasteiger partial charge in [-0.25, -0.2) is 4.85 Å². The molecule has 1 atom stereocenters. The van der Waals surface area contributed by atoms with E-state index < -0.39 is 33.3 Å². The summed E-state index contributed by atoms with van der Waals surface area (Å²) in [7, 11) is -2.61. The van der Waals surface area contributed by atoms with E-state index in [0.717, 1.165) is 15.8 Å². The number of benzene rings is 6. The lowest BCUT2D eigenvalue weighted by Gasteiger charge is -2.07. The zero-order valence-corrected chi connectivity index (χ0v) is 57.7. The largest absolute Gasteiger partial charge is 0.755 e. The van der Waals surface area contributed by atoms with E-state index in [1.54, 1.807) is 74.1 Å². The molecule has 6 aromatic heterocycles.